The number of nitrogen functional groups attached to an aromatic ring is 1. The van der Waals surface area contributed by atoms with Crippen molar-refractivity contribution in [1.29, 1.82) is 0 Å². The second kappa shape index (κ2) is 5.24. The third-order valence-corrected chi connectivity index (χ3v) is 2.96. The average Bonchev–Trinajstić information content (AvgIpc) is 2.77. The summed E-state index contributed by atoms with van der Waals surface area (Å²) in [6.07, 6.45) is 0. The highest BCUT2D eigenvalue weighted by atomic mass is 79.9. The number of aromatic nitrogens is 4. The standard InChI is InChI=1S/C10H12BrN5O/c1-17-5-4-16-10(13-14-15-16)8-6-7(12)2-3-9(8)11/h2-3,6H,4-5,12H2,1H3. The Bertz CT molecular complexity index is 513. The van der Waals surface area contributed by atoms with Gasteiger partial charge in [-0.15, -0.1) is 5.10 Å². The first-order chi connectivity index (χ1) is 8.22. The Morgan fingerprint density at radius 1 is 1.47 bits per heavy atom. The van der Waals surface area contributed by atoms with Crippen molar-refractivity contribution in [2.75, 3.05) is 19.5 Å². The van der Waals surface area contributed by atoms with E-state index in [4.69, 9.17) is 10.5 Å². The molecule has 17 heavy (non-hydrogen) atoms. The van der Waals surface area contributed by atoms with Gasteiger partial charge in [-0.05, 0) is 28.6 Å². The van der Waals surface area contributed by atoms with E-state index in [0.29, 0.717) is 24.7 Å². The van der Waals surface area contributed by atoms with Crippen molar-refractivity contribution in [2.24, 2.45) is 0 Å². The summed E-state index contributed by atoms with van der Waals surface area (Å²) in [5.74, 6) is 0.668. The first-order valence-electron chi connectivity index (χ1n) is 5.03. The van der Waals surface area contributed by atoms with Crippen LogP contribution in [0.4, 0.5) is 5.69 Å². The van der Waals surface area contributed by atoms with Crippen LogP contribution in [-0.4, -0.2) is 33.9 Å². The molecule has 1 aromatic heterocycles. The second-order valence-corrected chi connectivity index (χ2v) is 4.31. The zero-order valence-corrected chi connectivity index (χ0v) is 10.9. The molecule has 2 N–H and O–H groups in total. The molecular formula is C10H12BrN5O. The lowest BCUT2D eigenvalue weighted by atomic mass is 10.2. The number of halogens is 1. The zero-order valence-electron chi connectivity index (χ0n) is 9.30. The summed E-state index contributed by atoms with van der Waals surface area (Å²) < 4.78 is 7.59. The quantitative estimate of drug-likeness (QED) is 0.862. The predicted octanol–water partition coefficient (Wildman–Crippen LogP) is 1.33. The maximum atomic E-state index is 5.76. The number of nitrogens with two attached hydrogens (primary N) is 1. The molecule has 0 saturated carbocycles. The number of nitrogens with zero attached hydrogens (tertiary/aromatic N) is 4. The maximum absolute atomic E-state index is 5.76. The van der Waals surface area contributed by atoms with Gasteiger partial charge >= 0.3 is 0 Å². The number of hydrogen-bond acceptors (Lipinski definition) is 5. The van der Waals surface area contributed by atoms with Crippen molar-refractivity contribution >= 4 is 21.6 Å². The Kier molecular flexibility index (Phi) is 3.70. The molecule has 0 bridgehead atoms. The predicted molar refractivity (Wildman–Crippen MR) is 67.2 cm³/mol. The van der Waals surface area contributed by atoms with E-state index >= 15 is 0 Å². The van der Waals surface area contributed by atoms with Gasteiger partial charge in [-0.3, -0.25) is 0 Å². The molecule has 0 amide bonds. The molecule has 6 nitrogen and oxygen atoms in total. The van der Waals surface area contributed by atoms with Gasteiger partial charge < -0.3 is 10.5 Å². The molecule has 2 rings (SSSR count). The summed E-state index contributed by atoms with van der Waals surface area (Å²) >= 11 is 3.46. The molecule has 0 radical (unpaired) electrons. The van der Waals surface area contributed by atoms with Crippen molar-refractivity contribution in [3.8, 4) is 11.4 Å². The van der Waals surface area contributed by atoms with Crippen LogP contribution in [0.25, 0.3) is 11.4 Å². The number of hydrogen-bond donors (Lipinski definition) is 1. The Morgan fingerprint density at radius 2 is 2.29 bits per heavy atom. The van der Waals surface area contributed by atoms with Crippen LogP contribution < -0.4 is 5.73 Å². The zero-order chi connectivity index (χ0) is 12.3. The van der Waals surface area contributed by atoms with Crippen LogP contribution in [0.3, 0.4) is 0 Å². The van der Waals surface area contributed by atoms with Crippen molar-refractivity contribution < 1.29 is 4.74 Å². The molecule has 0 aliphatic heterocycles. The molecule has 7 heteroatoms. The Balaban J connectivity index is 2.38. The van der Waals surface area contributed by atoms with Gasteiger partial charge in [-0.1, -0.05) is 15.9 Å². The Hall–Kier alpha value is -1.47. The van der Waals surface area contributed by atoms with Gasteiger partial charge in [0.2, 0.25) is 0 Å². The fraction of sp³-hybridized carbons (Fsp3) is 0.300. The molecule has 1 aromatic carbocycles. The SMILES string of the molecule is COCCn1nnnc1-c1cc(N)ccc1Br. The lowest BCUT2D eigenvalue weighted by molar-refractivity contribution is 0.183. The van der Waals surface area contributed by atoms with E-state index < -0.39 is 0 Å². The third-order valence-electron chi connectivity index (χ3n) is 2.27. The molecule has 0 unspecified atom stereocenters. The summed E-state index contributed by atoms with van der Waals surface area (Å²) in [6, 6.07) is 5.52. The van der Waals surface area contributed by atoms with Crippen LogP contribution >= 0.6 is 15.9 Å². The summed E-state index contributed by atoms with van der Waals surface area (Å²) in [6.45, 7) is 1.15. The fourth-order valence-electron chi connectivity index (χ4n) is 1.44. The average molecular weight is 298 g/mol. The number of tetrazole rings is 1. The highest BCUT2D eigenvalue weighted by Gasteiger charge is 2.12. The van der Waals surface area contributed by atoms with Crippen LogP contribution in [0.2, 0.25) is 0 Å². The number of methoxy groups -OCH3 is 1. The molecule has 0 aliphatic carbocycles. The van der Waals surface area contributed by atoms with Crippen LogP contribution in [-0.2, 0) is 11.3 Å². The first-order valence-corrected chi connectivity index (χ1v) is 5.82. The van der Waals surface area contributed by atoms with Crippen molar-refractivity contribution in [1.82, 2.24) is 20.2 Å². The maximum Gasteiger partial charge on any atom is 0.183 e. The van der Waals surface area contributed by atoms with Gasteiger partial charge in [0.05, 0.1) is 13.2 Å². The Morgan fingerprint density at radius 3 is 3.06 bits per heavy atom. The molecule has 0 atom stereocenters. The van der Waals surface area contributed by atoms with Crippen molar-refractivity contribution in [3.05, 3.63) is 22.7 Å². The summed E-state index contributed by atoms with van der Waals surface area (Å²) in [7, 11) is 1.64. The minimum Gasteiger partial charge on any atom is -0.399 e. The monoisotopic (exact) mass is 297 g/mol. The molecule has 0 aliphatic rings. The summed E-state index contributed by atoms with van der Waals surface area (Å²) in [5, 5.41) is 11.6. The molecular weight excluding hydrogens is 286 g/mol. The topological polar surface area (TPSA) is 78.8 Å². The van der Waals surface area contributed by atoms with E-state index in [1.807, 2.05) is 18.2 Å². The molecule has 0 spiro atoms. The van der Waals surface area contributed by atoms with E-state index in [9.17, 15) is 0 Å². The molecule has 2 aromatic rings. The van der Waals surface area contributed by atoms with Gasteiger partial charge in [0.25, 0.3) is 0 Å². The van der Waals surface area contributed by atoms with Gasteiger partial charge in [0.15, 0.2) is 5.82 Å². The molecule has 0 fully saturated rings. The minimum atomic E-state index is 0.554. The lowest BCUT2D eigenvalue weighted by Crippen LogP contribution is -2.08. The highest BCUT2D eigenvalue weighted by molar-refractivity contribution is 9.10. The Labute approximate surface area is 107 Å². The second-order valence-electron chi connectivity index (χ2n) is 3.46. The molecule has 1 heterocycles. The van der Waals surface area contributed by atoms with Crippen LogP contribution in [0, 0.1) is 0 Å². The van der Waals surface area contributed by atoms with E-state index in [0.717, 1.165) is 10.0 Å². The van der Waals surface area contributed by atoms with E-state index in [1.165, 1.54) is 0 Å². The smallest absolute Gasteiger partial charge is 0.183 e. The van der Waals surface area contributed by atoms with E-state index in [2.05, 4.69) is 31.5 Å². The van der Waals surface area contributed by atoms with Gasteiger partial charge in [0.1, 0.15) is 0 Å². The van der Waals surface area contributed by atoms with E-state index in [1.54, 1.807) is 11.8 Å². The number of anilines is 1. The summed E-state index contributed by atoms with van der Waals surface area (Å²) in [5.41, 5.74) is 7.30. The normalized spacial score (nSPS) is 10.7. The van der Waals surface area contributed by atoms with Crippen LogP contribution in [0.15, 0.2) is 22.7 Å². The number of benzene rings is 1. The molecule has 0 saturated heterocycles. The third kappa shape index (κ3) is 2.62. The van der Waals surface area contributed by atoms with Gasteiger partial charge in [-0.2, -0.15) is 0 Å². The fourth-order valence-corrected chi connectivity index (χ4v) is 1.86. The van der Waals surface area contributed by atoms with Crippen molar-refractivity contribution in [3.63, 3.8) is 0 Å². The lowest BCUT2D eigenvalue weighted by Gasteiger charge is -2.06. The number of ether oxygens (including phenoxy) is 1. The van der Waals surface area contributed by atoms with Crippen LogP contribution in [0.1, 0.15) is 0 Å². The first kappa shape index (κ1) is 12.0. The van der Waals surface area contributed by atoms with Crippen molar-refractivity contribution in [2.45, 2.75) is 6.54 Å². The minimum absolute atomic E-state index is 0.554. The molecule has 90 valence electrons. The highest BCUT2D eigenvalue weighted by Crippen LogP contribution is 2.28. The summed E-state index contributed by atoms with van der Waals surface area (Å²) in [4.78, 5) is 0. The van der Waals surface area contributed by atoms with Gasteiger partial charge in [-0.25, -0.2) is 4.68 Å². The number of rotatable bonds is 4. The van der Waals surface area contributed by atoms with E-state index in [-0.39, 0.29) is 0 Å². The van der Waals surface area contributed by atoms with Crippen LogP contribution in [0.5, 0.6) is 0 Å². The van der Waals surface area contributed by atoms with Gasteiger partial charge in [0, 0.05) is 22.8 Å². The largest absolute Gasteiger partial charge is 0.399 e.